The van der Waals surface area contributed by atoms with Crippen LogP contribution in [0.5, 0.6) is 0 Å². The van der Waals surface area contributed by atoms with Gasteiger partial charge in [-0.15, -0.1) is 0 Å². The van der Waals surface area contributed by atoms with Crippen molar-refractivity contribution in [3.63, 3.8) is 0 Å². The number of fused-ring (bicyclic) bond motifs is 2. The van der Waals surface area contributed by atoms with Gasteiger partial charge in [-0.05, 0) is 76.8 Å². The van der Waals surface area contributed by atoms with Crippen molar-refractivity contribution in [2.45, 2.75) is 12.6 Å². The van der Waals surface area contributed by atoms with Gasteiger partial charge in [-0.3, -0.25) is 9.80 Å². The monoisotopic (exact) mass is 366 g/mol. The van der Waals surface area contributed by atoms with Crippen LogP contribution in [0.3, 0.4) is 0 Å². The molecule has 5 aromatic carbocycles. The second kappa shape index (κ2) is 6.44. The molecule has 140 valence electrons. The van der Waals surface area contributed by atoms with Gasteiger partial charge in [0.25, 0.3) is 0 Å². The van der Waals surface area contributed by atoms with Gasteiger partial charge in [-0.25, -0.2) is 0 Å². The van der Waals surface area contributed by atoms with E-state index in [4.69, 9.17) is 0 Å². The van der Waals surface area contributed by atoms with Crippen molar-refractivity contribution < 1.29 is 0 Å². The van der Waals surface area contributed by atoms with Crippen LogP contribution in [0.1, 0.15) is 5.56 Å². The van der Waals surface area contributed by atoms with Gasteiger partial charge in [-0.2, -0.15) is 0 Å². The van der Waals surface area contributed by atoms with E-state index < -0.39 is 0 Å². The van der Waals surface area contributed by atoms with E-state index in [1.165, 1.54) is 48.7 Å². The molecular formula is C26H26N2. The fourth-order valence-corrected chi connectivity index (χ4v) is 4.92. The van der Waals surface area contributed by atoms with Crippen LogP contribution >= 0.6 is 0 Å². The Labute approximate surface area is 166 Å². The predicted molar refractivity (Wildman–Crippen MR) is 123 cm³/mol. The molecular weight excluding hydrogens is 340 g/mol. The van der Waals surface area contributed by atoms with Crippen LogP contribution in [0.4, 0.5) is 0 Å². The van der Waals surface area contributed by atoms with E-state index in [1.54, 1.807) is 0 Å². The highest BCUT2D eigenvalue weighted by molar-refractivity contribution is 6.33. The molecule has 0 bridgehead atoms. The summed E-state index contributed by atoms with van der Waals surface area (Å²) in [5.74, 6) is 0. The van der Waals surface area contributed by atoms with Gasteiger partial charge in [-0.1, -0.05) is 66.7 Å². The van der Waals surface area contributed by atoms with Gasteiger partial charge in [0.05, 0.1) is 6.17 Å². The van der Waals surface area contributed by atoms with Gasteiger partial charge >= 0.3 is 0 Å². The van der Waals surface area contributed by atoms with Crippen molar-refractivity contribution in [1.82, 2.24) is 9.80 Å². The van der Waals surface area contributed by atoms with Crippen LogP contribution < -0.4 is 0 Å². The lowest BCUT2D eigenvalue weighted by Gasteiger charge is -2.31. The fourth-order valence-electron chi connectivity index (χ4n) is 4.92. The molecule has 0 unspecified atom stereocenters. The summed E-state index contributed by atoms with van der Waals surface area (Å²) >= 11 is 0. The molecule has 5 aromatic rings. The summed E-state index contributed by atoms with van der Waals surface area (Å²) in [6.07, 6.45) is 1.36. The lowest BCUT2D eigenvalue weighted by molar-refractivity contribution is 0.130. The SMILES string of the molecule is CN(C)C(Cc1ccc2cccc3c4cccc5cccc(c1c23)c54)N(C)C. The molecule has 0 fully saturated rings. The Bertz CT molecular complexity index is 1290. The molecule has 0 saturated carbocycles. The first kappa shape index (κ1) is 17.4. The highest BCUT2D eigenvalue weighted by atomic mass is 15.3. The van der Waals surface area contributed by atoms with Crippen LogP contribution in [0.15, 0.2) is 66.7 Å². The molecule has 5 rings (SSSR count). The quantitative estimate of drug-likeness (QED) is 0.228. The zero-order valence-corrected chi connectivity index (χ0v) is 17.0. The number of likely N-dealkylation sites (N-methyl/N-ethyl adjacent to an activating group) is 2. The fraction of sp³-hybridized carbons (Fsp3) is 0.231. The number of hydrogen-bond donors (Lipinski definition) is 0. The summed E-state index contributed by atoms with van der Waals surface area (Å²) < 4.78 is 0. The van der Waals surface area contributed by atoms with Gasteiger partial charge in [0.15, 0.2) is 0 Å². The van der Waals surface area contributed by atoms with Gasteiger partial charge < -0.3 is 0 Å². The maximum atomic E-state index is 2.34. The van der Waals surface area contributed by atoms with E-state index in [2.05, 4.69) is 105 Å². The molecule has 0 saturated heterocycles. The highest BCUT2D eigenvalue weighted by Crippen LogP contribution is 2.41. The largest absolute Gasteiger partial charge is 0.294 e. The molecule has 0 aliphatic rings. The number of nitrogens with zero attached hydrogens (tertiary/aromatic N) is 2. The summed E-state index contributed by atoms with van der Waals surface area (Å²) in [5, 5.41) is 11.0. The molecule has 0 aromatic heterocycles. The van der Waals surface area contributed by atoms with E-state index in [0.717, 1.165) is 6.42 Å². The van der Waals surface area contributed by atoms with Crippen LogP contribution in [0.2, 0.25) is 0 Å². The van der Waals surface area contributed by atoms with E-state index >= 15 is 0 Å². The summed E-state index contributed by atoms with van der Waals surface area (Å²) in [7, 11) is 8.66. The molecule has 2 nitrogen and oxygen atoms in total. The van der Waals surface area contributed by atoms with Crippen LogP contribution in [-0.4, -0.2) is 44.2 Å². The number of benzene rings is 5. The van der Waals surface area contributed by atoms with Crippen molar-refractivity contribution in [3.8, 4) is 0 Å². The molecule has 0 atom stereocenters. The van der Waals surface area contributed by atoms with E-state index in [0.29, 0.717) is 6.17 Å². The smallest absolute Gasteiger partial charge is 0.0654 e. The maximum Gasteiger partial charge on any atom is 0.0654 e. The Kier molecular flexibility index (Phi) is 4.01. The predicted octanol–water partition coefficient (Wildman–Crippen LogP) is 5.73. The average Bonchev–Trinajstić information content (AvgIpc) is 2.69. The first-order chi connectivity index (χ1) is 13.6. The zero-order chi connectivity index (χ0) is 19.4. The third kappa shape index (κ3) is 2.49. The minimum Gasteiger partial charge on any atom is -0.294 e. The molecule has 0 spiro atoms. The molecule has 28 heavy (non-hydrogen) atoms. The summed E-state index contributed by atoms with van der Waals surface area (Å²) in [6, 6.07) is 24.8. The first-order valence-corrected chi connectivity index (χ1v) is 9.96. The van der Waals surface area contributed by atoms with Crippen LogP contribution in [0.25, 0.3) is 43.1 Å². The maximum absolute atomic E-state index is 2.34. The Morgan fingerprint density at radius 3 is 1.71 bits per heavy atom. The molecule has 0 aliphatic heterocycles. The molecule has 0 aliphatic carbocycles. The van der Waals surface area contributed by atoms with E-state index in [1.807, 2.05) is 0 Å². The molecule has 0 radical (unpaired) electrons. The average molecular weight is 367 g/mol. The number of rotatable bonds is 4. The first-order valence-electron chi connectivity index (χ1n) is 9.96. The van der Waals surface area contributed by atoms with E-state index in [9.17, 15) is 0 Å². The standard InChI is InChI=1S/C26H26N2/c1-27(2)23(28(3)4)16-19-15-14-18-10-6-12-21-20-11-5-8-17-9-7-13-22(24(17)20)26(19)25(18)21/h5-15,23H,16H2,1-4H3. The van der Waals surface area contributed by atoms with Crippen LogP contribution in [0, 0.1) is 0 Å². The third-order valence-electron chi connectivity index (χ3n) is 6.19. The van der Waals surface area contributed by atoms with Gasteiger partial charge in [0.2, 0.25) is 0 Å². The Morgan fingerprint density at radius 2 is 1.11 bits per heavy atom. The topological polar surface area (TPSA) is 6.48 Å². The Morgan fingerprint density at radius 1 is 0.571 bits per heavy atom. The molecule has 0 N–H and O–H groups in total. The molecule has 0 heterocycles. The van der Waals surface area contributed by atoms with Crippen molar-refractivity contribution in [1.29, 1.82) is 0 Å². The zero-order valence-electron chi connectivity index (χ0n) is 17.0. The minimum atomic E-state index is 0.359. The lowest BCUT2D eigenvalue weighted by atomic mass is 9.87. The van der Waals surface area contributed by atoms with Crippen molar-refractivity contribution >= 4 is 43.1 Å². The van der Waals surface area contributed by atoms with Crippen molar-refractivity contribution in [3.05, 3.63) is 72.3 Å². The Balaban J connectivity index is 1.94. The van der Waals surface area contributed by atoms with Gasteiger partial charge in [0, 0.05) is 6.42 Å². The minimum absolute atomic E-state index is 0.359. The molecule has 0 amide bonds. The third-order valence-corrected chi connectivity index (χ3v) is 6.19. The van der Waals surface area contributed by atoms with E-state index in [-0.39, 0.29) is 0 Å². The second-order valence-corrected chi connectivity index (χ2v) is 8.32. The number of hydrogen-bond acceptors (Lipinski definition) is 2. The van der Waals surface area contributed by atoms with Crippen LogP contribution in [-0.2, 0) is 6.42 Å². The van der Waals surface area contributed by atoms with Crippen molar-refractivity contribution in [2.24, 2.45) is 0 Å². The van der Waals surface area contributed by atoms with Gasteiger partial charge in [0.1, 0.15) is 0 Å². The molecule has 2 heteroatoms. The normalized spacial score (nSPS) is 12.7. The summed E-state index contributed by atoms with van der Waals surface area (Å²) in [4.78, 5) is 4.61. The van der Waals surface area contributed by atoms with Crippen molar-refractivity contribution in [2.75, 3.05) is 28.2 Å². The Hall–Kier alpha value is -2.68. The summed E-state index contributed by atoms with van der Waals surface area (Å²) in [5.41, 5.74) is 1.43. The summed E-state index contributed by atoms with van der Waals surface area (Å²) in [6.45, 7) is 0. The highest BCUT2D eigenvalue weighted by Gasteiger charge is 2.19. The second-order valence-electron chi connectivity index (χ2n) is 8.32. The lowest BCUT2D eigenvalue weighted by Crippen LogP contribution is -2.42.